The summed E-state index contributed by atoms with van der Waals surface area (Å²) < 4.78 is 0. The van der Waals surface area contributed by atoms with E-state index in [0.717, 1.165) is 19.5 Å². The summed E-state index contributed by atoms with van der Waals surface area (Å²) >= 11 is 6.02. The lowest BCUT2D eigenvalue weighted by Gasteiger charge is -2.14. The number of thiol groups is 1. The van der Waals surface area contributed by atoms with Crippen molar-refractivity contribution in [2.24, 2.45) is 0 Å². The molecule has 0 aromatic carbocycles. The van der Waals surface area contributed by atoms with Crippen LogP contribution in [0.25, 0.3) is 0 Å². The van der Waals surface area contributed by atoms with Crippen LogP contribution in [0.3, 0.4) is 0 Å². The van der Waals surface area contributed by atoms with Crippen molar-refractivity contribution in [2.75, 3.05) is 13.1 Å². The largest absolute Gasteiger partial charge is 0.341 e. The Morgan fingerprint density at radius 1 is 1.64 bits per heavy atom. The van der Waals surface area contributed by atoms with E-state index < -0.39 is 0 Å². The molecule has 1 aliphatic heterocycles. The summed E-state index contributed by atoms with van der Waals surface area (Å²) in [5, 5.41) is 4.45. The molecule has 0 aliphatic carbocycles. The summed E-state index contributed by atoms with van der Waals surface area (Å²) in [5.41, 5.74) is 1.32. The molecule has 2 heterocycles. The average Bonchev–Trinajstić information content (AvgIpc) is 2.72. The Balaban J connectivity index is 1.84. The van der Waals surface area contributed by atoms with E-state index in [1.165, 1.54) is 5.56 Å². The number of nitrogens with zero attached hydrogens (tertiary/aromatic N) is 1. The van der Waals surface area contributed by atoms with Gasteiger partial charge in [-0.05, 0) is 28.8 Å². The molecule has 1 unspecified atom stereocenters. The standard InChI is InChI=1S/C10H13NOS2/c12-10-5-9(13)6-11(10)3-1-8-2-4-14-7-8/h2,4,7,9,13H,1,3,5-6H2. The fraction of sp³-hybridized carbons (Fsp3) is 0.500. The Labute approximate surface area is 93.3 Å². The Morgan fingerprint density at radius 2 is 2.50 bits per heavy atom. The van der Waals surface area contributed by atoms with Gasteiger partial charge in [0, 0.05) is 24.8 Å². The molecule has 0 N–H and O–H groups in total. The van der Waals surface area contributed by atoms with Crippen LogP contribution in [0.15, 0.2) is 16.8 Å². The number of carbonyl (C=O) groups excluding carboxylic acids is 1. The van der Waals surface area contributed by atoms with Gasteiger partial charge in [-0.3, -0.25) is 4.79 Å². The molecule has 1 aliphatic rings. The van der Waals surface area contributed by atoms with E-state index >= 15 is 0 Å². The third-order valence-corrected chi connectivity index (χ3v) is 3.52. The molecular formula is C10H13NOS2. The van der Waals surface area contributed by atoms with Gasteiger partial charge in [0.15, 0.2) is 0 Å². The van der Waals surface area contributed by atoms with Crippen LogP contribution in [0.5, 0.6) is 0 Å². The highest BCUT2D eigenvalue weighted by molar-refractivity contribution is 7.81. The molecule has 1 saturated heterocycles. The van der Waals surface area contributed by atoms with E-state index in [1.807, 2.05) is 4.90 Å². The number of carbonyl (C=O) groups is 1. The van der Waals surface area contributed by atoms with E-state index in [4.69, 9.17) is 0 Å². The van der Waals surface area contributed by atoms with Crippen LogP contribution in [0.2, 0.25) is 0 Å². The first-order valence-electron chi connectivity index (χ1n) is 4.72. The second-order valence-electron chi connectivity index (χ2n) is 3.58. The Hall–Kier alpha value is -0.480. The predicted molar refractivity (Wildman–Crippen MR) is 62.0 cm³/mol. The Kier molecular flexibility index (Phi) is 3.13. The molecule has 1 aromatic rings. The van der Waals surface area contributed by atoms with Crippen LogP contribution >= 0.6 is 24.0 Å². The zero-order valence-electron chi connectivity index (χ0n) is 7.85. The highest BCUT2D eigenvalue weighted by atomic mass is 32.1. The first-order chi connectivity index (χ1) is 6.75. The molecule has 2 rings (SSSR count). The summed E-state index contributed by atoms with van der Waals surface area (Å²) in [5.74, 6) is 0.250. The summed E-state index contributed by atoms with van der Waals surface area (Å²) in [6.07, 6.45) is 1.57. The van der Waals surface area contributed by atoms with Gasteiger partial charge in [0.25, 0.3) is 0 Å². The van der Waals surface area contributed by atoms with Gasteiger partial charge >= 0.3 is 0 Å². The van der Waals surface area contributed by atoms with Gasteiger partial charge in [-0.1, -0.05) is 0 Å². The van der Waals surface area contributed by atoms with Crippen LogP contribution in [0, 0.1) is 0 Å². The second kappa shape index (κ2) is 4.36. The molecular weight excluding hydrogens is 214 g/mol. The number of thiophene rings is 1. The lowest BCUT2D eigenvalue weighted by Crippen LogP contribution is -2.27. The molecule has 0 saturated carbocycles. The van der Waals surface area contributed by atoms with Crippen molar-refractivity contribution >= 4 is 29.9 Å². The van der Waals surface area contributed by atoms with E-state index in [1.54, 1.807) is 11.3 Å². The Bertz CT molecular complexity index is 310. The average molecular weight is 227 g/mol. The van der Waals surface area contributed by atoms with Crippen molar-refractivity contribution in [1.82, 2.24) is 4.90 Å². The molecule has 0 spiro atoms. The van der Waals surface area contributed by atoms with Gasteiger partial charge in [0.1, 0.15) is 0 Å². The summed E-state index contributed by atoms with van der Waals surface area (Å²) in [6.45, 7) is 1.65. The summed E-state index contributed by atoms with van der Waals surface area (Å²) in [6, 6.07) is 2.11. The van der Waals surface area contributed by atoms with E-state index in [2.05, 4.69) is 29.5 Å². The predicted octanol–water partition coefficient (Wildman–Crippen LogP) is 1.82. The van der Waals surface area contributed by atoms with Crippen molar-refractivity contribution in [3.63, 3.8) is 0 Å². The molecule has 1 atom stereocenters. The summed E-state index contributed by atoms with van der Waals surface area (Å²) in [4.78, 5) is 13.3. The third-order valence-electron chi connectivity index (χ3n) is 2.44. The van der Waals surface area contributed by atoms with Gasteiger partial charge in [-0.25, -0.2) is 0 Å². The number of likely N-dealkylation sites (tertiary alicyclic amines) is 1. The normalized spacial score (nSPS) is 21.9. The lowest BCUT2D eigenvalue weighted by molar-refractivity contribution is -0.127. The van der Waals surface area contributed by atoms with Gasteiger partial charge in [0.05, 0.1) is 0 Å². The molecule has 14 heavy (non-hydrogen) atoms. The van der Waals surface area contributed by atoms with Crippen molar-refractivity contribution in [3.05, 3.63) is 22.4 Å². The van der Waals surface area contributed by atoms with Gasteiger partial charge in [-0.2, -0.15) is 24.0 Å². The Morgan fingerprint density at radius 3 is 3.07 bits per heavy atom. The smallest absolute Gasteiger partial charge is 0.223 e. The topological polar surface area (TPSA) is 20.3 Å². The van der Waals surface area contributed by atoms with E-state index in [-0.39, 0.29) is 11.2 Å². The monoisotopic (exact) mass is 227 g/mol. The highest BCUT2D eigenvalue weighted by Gasteiger charge is 2.26. The summed E-state index contributed by atoms with van der Waals surface area (Å²) in [7, 11) is 0. The quantitative estimate of drug-likeness (QED) is 0.781. The lowest BCUT2D eigenvalue weighted by atomic mass is 10.2. The maximum absolute atomic E-state index is 11.4. The molecule has 1 amide bonds. The maximum atomic E-state index is 11.4. The fourth-order valence-electron chi connectivity index (χ4n) is 1.67. The SMILES string of the molecule is O=C1CC(S)CN1CCc1ccsc1. The molecule has 0 radical (unpaired) electrons. The van der Waals surface area contributed by atoms with Crippen LogP contribution in [0.1, 0.15) is 12.0 Å². The van der Waals surface area contributed by atoms with Crippen molar-refractivity contribution in [1.29, 1.82) is 0 Å². The van der Waals surface area contributed by atoms with E-state index in [0.29, 0.717) is 6.42 Å². The van der Waals surface area contributed by atoms with Crippen molar-refractivity contribution < 1.29 is 4.79 Å². The van der Waals surface area contributed by atoms with Crippen molar-refractivity contribution in [3.8, 4) is 0 Å². The number of hydrogen-bond acceptors (Lipinski definition) is 3. The molecule has 2 nitrogen and oxygen atoms in total. The first kappa shape index (κ1) is 10.1. The second-order valence-corrected chi connectivity index (χ2v) is 5.09. The zero-order valence-corrected chi connectivity index (χ0v) is 9.56. The molecule has 4 heteroatoms. The van der Waals surface area contributed by atoms with Gasteiger partial charge in [-0.15, -0.1) is 0 Å². The molecule has 1 fully saturated rings. The van der Waals surface area contributed by atoms with E-state index in [9.17, 15) is 4.79 Å². The van der Waals surface area contributed by atoms with Gasteiger partial charge in [0.2, 0.25) is 5.91 Å². The minimum Gasteiger partial charge on any atom is -0.341 e. The molecule has 1 aromatic heterocycles. The number of amides is 1. The molecule has 0 bridgehead atoms. The molecule has 76 valence electrons. The van der Waals surface area contributed by atoms with Crippen molar-refractivity contribution in [2.45, 2.75) is 18.1 Å². The highest BCUT2D eigenvalue weighted by Crippen LogP contribution is 2.16. The number of rotatable bonds is 3. The van der Waals surface area contributed by atoms with Crippen LogP contribution in [0.4, 0.5) is 0 Å². The third kappa shape index (κ3) is 2.30. The van der Waals surface area contributed by atoms with Crippen LogP contribution < -0.4 is 0 Å². The van der Waals surface area contributed by atoms with Crippen LogP contribution in [-0.2, 0) is 11.2 Å². The maximum Gasteiger partial charge on any atom is 0.223 e. The van der Waals surface area contributed by atoms with Crippen LogP contribution in [-0.4, -0.2) is 29.1 Å². The first-order valence-corrected chi connectivity index (χ1v) is 6.18. The number of hydrogen-bond donors (Lipinski definition) is 1. The van der Waals surface area contributed by atoms with Gasteiger partial charge < -0.3 is 4.90 Å². The minimum absolute atomic E-state index is 0.241. The zero-order chi connectivity index (χ0) is 9.97. The minimum atomic E-state index is 0.241. The fourth-order valence-corrected chi connectivity index (χ4v) is 2.72.